The molecule has 0 aliphatic rings. The predicted molar refractivity (Wildman–Crippen MR) is 7.13 cm³/mol. The summed E-state index contributed by atoms with van der Waals surface area (Å²) in [6.07, 6.45) is 0. The molecule has 0 spiro atoms. The van der Waals surface area contributed by atoms with Gasteiger partial charge in [-0.25, -0.2) is 0 Å². The average Bonchev–Trinajstić information content (AvgIpc) is 0.722. The molecule has 0 aliphatic heterocycles. The molecular formula is CuO4Te. The molecular weight excluding hydrogens is 255 g/mol. The van der Waals surface area contributed by atoms with E-state index in [4.69, 9.17) is 13.2 Å². The Bertz CT molecular complexity index is 90.7. The van der Waals surface area contributed by atoms with Crippen molar-refractivity contribution in [3.8, 4) is 0 Å². The number of hydrogen-bond donors (Lipinski definition) is 0. The Morgan fingerprint density at radius 1 is 1.17 bits per heavy atom. The minimum atomic E-state index is -6.02. The van der Waals surface area contributed by atoms with E-state index >= 15 is 0 Å². The minimum Gasteiger partial charge on any atom is 2.00 e. The average molecular weight is 255 g/mol. The van der Waals surface area contributed by atoms with Gasteiger partial charge in [-0.3, -0.25) is 0 Å². The van der Waals surface area contributed by atoms with E-state index < -0.39 is 19.0 Å². The summed E-state index contributed by atoms with van der Waals surface area (Å²) in [4.78, 5) is 0. The molecule has 0 bridgehead atoms. The van der Waals surface area contributed by atoms with Crippen molar-refractivity contribution >= 4 is 19.0 Å². The van der Waals surface area contributed by atoms with Gasteiger partial charge in [0.1, 0.15) is 0 Å². The normalized spacial score (nSPS) is 9.67. The van der Waals surface area contributed by atoms with Crippen LogP contribution in [0, 0.1) is 0 Å². The quantitative estimate of drug-likeness (QED) is 0.432. The second-order valence-corrected chi connectivity index (χ2v) is 2.74. The van der Waals surface area contributed by atoms with E-state index in [9.17, 15) is 0 Å². The number of rotatable bonds is 0. The molecule has 6 heteroatoms. The Morgan fingerprint density at radius 3 is 1.17 bits per heavy atom. The van der Waals surface area contributed by atoms with Crippen molar-refractivity contribution in [1.82, 2.24) is 0 Å². The first-order chi connectivity index (χ1) is 2.00. The molecule has 0 aliphatic carbocycles. The first-order valence-corrected chi connectivity index (χ1v) is 4.47. The van der Waals surface area contributed by atoms with Crippen LogP contribution in [0.1, 0.15) is 0 Å². The monoisotopic (exact) mass is 257 g/mol. The van der Waals surface area contributed by atoms with E-state index in [2.05, 4.69) is 0 Å². The van der Waals surface area contributed by atoms with Crippen molar-refractivity contribution in [2.45, 2.75) is 0 Å². The second-order valence-electron chi connectivity index (χ2n) is 0.408. The van der Waals surface area contributed by atoms with Gasteiger partial charge in [-0.2, -0.15) is 0 Å². The van der Waals surface area contributed by atoms with Crippen LogP contribution in [0.15, 0.2) is 0 Å². The molecule has 0 aromatic heterocycles. The fourth-order valence-corrected chi connectivity index (χ4v) is 0. The van der Waals surface area contributed by atoms with E-state index in [0.29, 0.717) is 0 Å². The summed E-state index contributed by atoms with van der Waals surface area (Å²) in [7, 11) is 0. The maximum absolute atomic E-state index is 8.63. The zero-order chi connectivity index (χ0) is 4.50. The molecule has 41 valence electrons. The third-order valence-electron chi connectivity index (χ3n) is 0. The minimum absolute atomic E-state index is 0. The van der Waals surface area contributed by atoms with Crippen LogP contribution in [-0.2, 0) is 23.3 Å². The molecule has 0 aromatic carbocycles. The Kier molecular flexibility index (Phi) is 4.83. The summed E-state index contributed by atoms with van der Waals surface area (Å²) in [5.41, 5.74) is 0. The zero-order valence-corrected chi connectivity index (χ0v) is 5.61. The van der Waals surface area contributed by atoms with Crippen molar-refractivity contribution in [2.75, 3.05) is 0 Å². The van der Waals surface area contributed by atoms with Crippen LogP contribution in [-0.4, -0.2) is 19.0 Å². The van der Waals surface area contributed by atoms with Gasteiger partial charge in [0.25, 0.3) is 0 Å². The van der Waals surface area contributed by atoms with Gasteiger partial charge < -0.3 is 0 Å². The second kappa shape index (κ2) is 2.91. The predicted octanol–water partition coefficient (Wildman–Crippen LogP) is -3.00. The summed E-state index contributed by atoms with van der Waals surface area (Å²) in [5, 5.41) is 0. The molecule has 6 heavy (non-hydrogen) atoms. The Balaban J connectivity index is 0. The molecule has 0 N–H and O–H groups in total. The summed E-state index contributed by atoms with van der Waals surface area (Å²) in [5.74, 6) is 0. The van der Waals surface area contributed by atoms with Gasteiger partial charge in [-0.15, -0.1) is 0 Å². The Morgan fingerprint density at radius 2 is 1.17 bits per heavy atom. The third-order valence-corrected chi connectivity index (χ3v) is 0. The topological polar surface area (TPSA) is 80.3 Å². The number of hydrogen-bond acceptors (Lipinski definition) is 4. The van der Waals surface area contributed by atoms with Crippen molar-refractivity contribution in [3.63, 3.8) is 0 Å². The summed E-state index contributed by atoms with van der Waals surface area (Å²) < 4.78 is 34.5. The molecule has 0 heterocycles. The first kappa shape index (κ1) is 9.95. The maximum atomic E-state index is 8.63. The molecule has 0 atom stereocenters. The third kappa shape index (κ3) is 103. The van der Waals surface area contributed by atoms with Gasteiger partial charge in [0, 0.05) is 0 Å². The first-order valence-electron chi connectivity index (χ1n) is 0.667. The van der Waals surface area contributed by atoms with Gasteiger partial charge in [-0.1, -0.05) is 0 Å². The fraction of sp³-hybridized carbons (Fsp3) is 0. The molecule has 0 rings (SSSR count). The molecule has 0 amide bonds. The Hall–Kier alpha value is 0.829. The van der Waals surface area contributed by atoms with Crippen LogP contribution < -0.4 is 6.94 Å². The molecule has 0 fully saturated rings. The molecule has 0 saturated heterocycles. The smallest absolute Gasteiger partial charge is 2.00 e. The van der Waals surface area contributed by atoms with Crippen molar-refractivity contribution in [1.29, 1.82) is 0 Å². The van der Waals surface area contributed by atoms with Crippen LogP contribution in [0.5, 0.6) is 0 Å². The van der Waals surface area contributed by atoms with Crippen molar-refractivity contribution < 1.29 is 30.2 Å². The zero-order valence-electron chi connectivity index (χ0n) is 2.34. The van der Waals surface area contributed by atoms with Crippen LogP contribution >= 0.6 is 0 Å². The van der Waals surface area contributed by atoms with E-state index in [1.54, 1.807) is 0 Å². The van der Waals surface area contributed by atoms with Crippen molar-refractivity contribution in [2.24, 2.45) is 0 Å². The van der Waals surface area contributed by atoms with Crippen molar-refractivity contribution in [3.05, 3.63) is 0 Å². The summed E-state index contributed by atoms with van der Waals surface area (Å²) in [6, 6.07) is 0. The Labute approximate surface area is 49.3 Å². The van der Waals surface area contributed by atoms with E-state index in [1.165, 1.54) is 0 Å². The molecule has 0 aromatic rings. The standard InChI is InChI=1S/Cu.H2O4Te/c;1-5(2,3)4/h;(H2,1,2,3,4)/q+2;/p-2. The summed E-state index contributed by atoms with van der Waals surface area (Å²) in [6.45, 7) is 0. The SMILES string of the molecule is O=[Te](=O)([O-])[O-].[Cu+2]. The summed E-state index contributed by atoms with van der Waals surface area (Å²) >= 11 is -6.02. The molecule has 0 unspecified atom stereocenters. The molecule has 1 radical (unpaired) electrons. The fourth-order valence-electron chi connectivity index (χ4n) is 0. The van der Waals surface area contributed by atoms with Crippen LogP contribution in [0.4, 0.5) is 0 Å². The van der Waals surface area contributed by atoms with E-state index in [1.807, 2.05) is 0 Å². The van der Waals surface area contributed by atoms with Crippen LogP contribution in [0.3, 0.4) is 0 Å². The molecule has 0 saturated carbocycles. The van der Waals surface area contributed by atoms with Crippen LogP contribution in [0.25, 0.3) is 0 Å². The molecule has 4 nitrogen and oxygen atoms in total. The van der Waals surface area contributed by atoms with E-state index in [0.717, 1.165) is 0 Å². The van der Waals surface area contributed by atoms with Gasteiger partial charge in [0.2, 0.25) is 0 Å². The van der Waals surface area contributed by atoms with Gasteiger partial charge in [0.05, 0.1) is 0 Å². The van der Waals surface area contributed by atoms with Crippen LogP contribution in [0.2, 0.25) is 0 Å². The largest absolute Gasteiger partial charge is 2.00 e. The van der Waals surface area contributed by atoms with Gasteiger partial charge >= 0.3 is 49.2 Å². The van der Waals surface area contributed by atoms with Gasteiger partial charge in [0.15, 0.2) is 0 Å². The maximum Gasteiger partial charge on any atom is 2.00 e. The van der Waals surface area contributed by atoms with E-state index in [-0.39, 0.29) is 17.1 Å². The van der Waals surface area contributed by atoms with Gasteiger partial charge in [-0.05, 0) is 0 Å².